The molecule has 36 valence electrons. The van der Waals surface area contributed by atoms with Crippen LogP contribution in [0.15, 0.2) is 12.3 Å². The molecule has 0 unspecified atom stereocenters. The van der Waals surface area contributed by atoms with Gasteiger partial charge in [0.15, 0.2) is 0 Å². The molecule has 1 aromatic rings. The van der Waals surface area contributed by atoms with Gasteiger partial charge >= 0.3 is 46.5 Å². The van der Waals surface area contributed by atoms with Crippen LogP contribution in [0.4, 0.5) is 0 Å². The fourth-order valence-electron chi connectivity index (χ4n) is 0.286. The Labute approximate surface area is 47.2 Å². The van der Waals surface area contributed by atoms with Gasteiger partial charge < -0.3 is 0 Å². The first-order chi connectivity index (χ1) is 3.43. The van der Waals surface area contributed by atoms with E-state index in [-0.39, 0.29) is 14.7 Å². The van der Waals surface area contributed by atoms with Crippen molar-refractivity contribution in [2.24, 2.45) is 0 Å². The molecule has 0 N–H and O–H groups in total. The van der Waals surface area contributed by atoms with Crippen molar-refractivity contribution in [1.82, 2.24) is 3.98 Å². The molecule has 0 radical (unpaired) electrons. The Kier molecular flexibility index (Phi) is 1.39. The van der Waals surface area contributed by atoms with Gasteiger partial charge in [-0.3, -0.25) is 0 Å². The molecule has 0 aromatic carbocycles. The second kappa shape index (κ2) is 2.05. The summed E-state index contributed by atoms with van der Waals surface area (Å²) in [6.45, 7) is 0. The third-order valence-electron chi connectivity index (χ3n) is 0.574. The summed E-state index contributed by atoms with van der Waals surface area (Å²) >= 11 is 0.0990. The van der Waals surface area contributed by atoms with E-state index in [1.165, 1.54) is 0 Å². The Bertz CT molecular complexity index is 147. The van der Waals surface area contributed by atoms with Gasteiger partial charge in [0.25, 0.3) is 0 Å². The zero-order valence-electron chi connectivity index (χ0n) is 3.50. The topological polar surface area (TPSA) is 30.0 Å². The molecule has 0 bridgehead atoms. The molecule has 1 aromatic heterocycles. The number of hydrogen-bond acceptors (Lipinski definition) is 2. The Balaban J connectivity index is 2.96. The summed E-state index contributed by atoms with van der Waals surface area (Å²) < 4.78 is 4.68. The van der Waals surface area contributed by atoms with Crippen molar-refractivity contribution in [1.29, 1.82) is 0 Å². The van der Waals surface area contributed by atoms with Crippen LogP contribution in [-0.4, -0.2) is 25.0 Å². The van der Waals surface area contributed by atoms with Gasteiger partial charge in [-0.05, 0) is 0 Å². The van der Waals surface area contributed by atoms with E-state index in [1.807, 2.05) is 0 Å². The molecule has 1 heterocycles. The Morgan fingerprint density at radius 2 is 2.71 bits per heavy atom. The Hall–Kier alpha value is -0.401. The van der Waals surface area contributed by atoms with Gasteiger partial charge in [0.2, 0.25) is 0 Å². The predicted octanol–water partition coefficient (Wildman–Crippen LogP) is -0.0489. The number of rotatable bonds is 1. The molecule has 0 aliphatic heterocycles. The van der Waals surface area contributed by atoms with E-state index in [9.17, 15) is 4.79 Å². The van der Waals surface area contributed by atoms with Gasteiger partial charge in [-0.15, -0.1) is 0 Å². The minimum atomic E-state index is 0.0990. The molecule has 0 saturated carbocycles. The van der Waals surface area contributed by atoms with E-state index in [0.717, 1.165) is 10.7 Å². The number of nitrogens with zero attached hydrogens (tertiary/aromatic N) is 1. The monoisotopic (exact) mass is 161 g/mol. The zero-order chi connectivity index (χ0) is 5.11. The van der Waals surface area contributed by atoms with E-state index in [1.54, 1.807) is 12.3 Å². The quantitative estimate of drug-likeness (QED) is 0.426. The van der Waals surface area contributed by atoms with Crippen LogP contribution in [0.3, 0.4) is 0 Å². The van der Waals surface area contributed by atoms with Gasteiger partial charge in [0.1, 0.15) is 0 Å². The van der Waals surface area contributed by atoms with Crippen LogP contribution in [0.2, 0.25) is 0 Å². The van der Waals surface area contributed by atoms with E-state index in [4.69, 9.17) is 0 Å². The first kappa shape index (κ1) is 4.75. The molecule has 0 spiro atoms. The second-order valence-corrected chi connectivity index (χ2v) is 2.85. The van der Waals surface area contributed by atoms with Crippen molar-refractivity contribution >= 4 is 21.0 Å². The number of carbonyl (C=O) groups is 1. The van der Waals surface area contributed by atoms with Crippen LogP contribution >= 0.6 is 0 Å². The molecule has 0 saturated heterocycles. The van der Waals surface area contributed by atoms with E-state index in [0.29, 0.717) is 0 Å². The summed E-state index contributed by atoms with van der Waals surface area (Å²) in [7, 11) is 0. The second-order valence-electron chi connectivity index (χ2n) is 1.03. The van der Waals surface area contributed by atoms with Crippen LogP contribution in [0.25, 0.3) is 0 Å². The normalized spacial score (nSPS) is 8.57. The van der Waals surface area contributed by atoms with Crippen LogP contribution < -0.4 is 0 Å². The number of aldehydes is 1. The van der Waals surface area contributed by atoms with Crippen molar-refractivity contribution in [3.05, 3.63) is 16.7 Å². The molecule has 1 rings (SSSR count). The van der Waals surface area contributed by atoms with Gasteiger partial charge in [0, 0.05) is 0 Å². The summed E-state index contributed by atoms with van der Waals surface area (Å²) in [6.07, 6.45) is 2.52. The van der Waals surface area contributed by atoms with E-state index < -0.39 is 0 Å². The molecule has 3 heteroatoms. The first-order valence-corrected chi connectivity index (χ1v) is 3.41. The van der Waals surface area contributed by atoms with Crippen molar-refractivity contribution < 1.29 is 4.79 Å². The SMILES string of the molecule is O=Cc1ccn[se]1. The van der Waals surface area contributed by atoms with Crippen molar-refractivity contribution in [2.75, 3.05) is 0 Å². The van der Waals surface area contributed by atoms with Gasteiger partial charge in [-0.25, -0.2) is 0 Å². The number of aromatic nitrogens is 1. The summed E-state index contributed by atoms with van der Waals surface area (Å²) in [5, 5.41) is 0. The molecule has 2 nitrogen and oxygen atoms in total. The molecule has 0 aliphatic carbocycles. The van der Waals surface area contributed by atoms with Crippen molar-refractivity contribution in [3.63, 3.8) is 0 Å². The zero-order valence-corrected chi connectivity index (χ0v) is 5.21. The average molecular weight is 160 g/mol. The van der Waals surface area contributed by atoms with Crippen LogP contribution in [0, 0.1) is 0 Å². The van der Waals surface area contributed by atoms with Crippen molar-refractivity contribution in [2.45, 2.75) is 0 Å². The molecular formula is C4H3NOSe. The molecule has 7 heavy (non-hydrogen) atoms. The molecular weight excluding hydrogens is 157 g/mol. The molecule has 0 atom stereocenters. The third kappa shape index (κ3) is 0.981. The Morgan fingerprint density at radius 3 is 3.00 bits per heavy atom. The summed E-state index contributed by atoms with van der Waals surface area (Å²) in [5.74, 6) is 0. The molecule has 0 aliphatic rings. The third-order valence-corrected chi connectivity index (χ3v) is 1.98. The maximum atomic E-state index is 9.87. The van der Waals surface area contributed by atoms with Crippen LogP contribution in [0.5, 0.6) is 0 Å². The van der Waals surface area contributed by atoms with Gasteiger partial charge in [-0.2, -0.15) is 0 Å². The number of hydrogen-bond donors (Lipinski definition) is 0. The van der Waals surface area contributed by atoms with Crippen LogP contribution in [0.1, 0.15) is 9.23 Å². The minimum absolute atomic E-state index is 0.0990. The summed E-state index contributed by atoms with van der Waals surface area (Å²) in [6, 6.07) is 1.74. The Morgan fingerprint density at radius 1 is 1.86 bits per heavy atom. The van der Waals surface area contributed by atoms with Gasteiger partial charge in [0.05, 0.1) is 0 Å². The van der Waals surface area contributed by atoms with E-state index >= 15 is 0 Å². The van der Waals surface area contributed by atoms with Crippen molar-refractivity contribution in [3.8, 4) is 0 Å². The fourth-order valence-corrected chi connectivity index (χ4v) is 1.14. The standard InChI is InChI=1S/C4H3NOSe/c6-3-4-1-2-5-7-4/h1-3H. The summed E-state index contributed by atoms with van der Waals surface area (Å²) in [5.41, 5.74) is 0. The first-order valence-electron chi connectivity index (χ1n) is 1.79. The summed E-state index contributed by atoms with van der Waals surface area (Å²) in [4.78, 5) is 9.87. The molecule has 0 amide bonds. The average Bonchev–Trinajstić information content (AvgIpc) is 2.14. The van der Waals surface area contributed by atoms with Crippen LogP contribution in [-0.2, 0) is 0 Å². The molecule has 0 fully saturated rings. The fraction of sp³-hybridized carbons (Fsp3) is 0. The maximum absolute atomic E-state index is 9.87. The van der Waals surface area contributed by atoms with E-state index in [2.05, 4.69) is 3.98 Å². The predicted molar refractivity (Wildman–Crippen MR) is 26.6 cm³/mol. The van der Waals surface area contributed by atoms with Gasteiger partial charge in [-0.1, -0.05) is 0 Å². The number of carbonyl (C=O) groups excluding carboxylic acids is 1.